The van der Waals surface area contributed by atoms with E-state index < -0.39 is 11.9 Å². The van der Waals surface area contributed by atoms with E-state index in [1.54, 1.807) is 0 Å². The number of anilines is 1. The van der Waals surface area contributed by atoms with Crippen LogP contribution in [0.5, 0.6) is 0 Å². The number of hydrogen-bond acceptors (Lipinski definition) is 4. The van der Waals surface area contributed by atoms with Crippen molar-refractivity contribution in [2.24, 2.45) is 17.3 Å². The summed E-state index contributed by atoms with van der Waals surface area (Å²) in [7, 11) is 0. The largest absolute Gasteiger partial charge is 0.478 e. The zero-order chi connectivity index (χ0) is 28.0. The van der Waals surface area contributed by atoms with E-state index in [4.69, 9.17) is 10.2 Å². The lowest BCUT2D eigenvalue weighted by atomic mass is 9.86. The number of amides is 1. The molecule has 0 aliphatic heterocycles. The van der Waals surface area contributed by atoms with Crippen LogP contribution < -0.4 is 10.6 Å². The van der Waals surface area contributed by atoms with Crippen molar-refractivity contribution in [2.75, 3.05) is 18.4 Å². The van der Waals surface area contributed by atoms with Crippen molar-refractivity contribution in [3.05, 3.63) is 64.8 Å². The SMILES string of the molecule is CC(C)CNCC1CCc2[nH]c3ccc(NC(=O)C(C)(C)C)cc3c2C1.O=C(O)c1ccccc1C(=O)O. The zero-order valence-corrected chi connectivity index (χ0v) is 22.9. The van der Waals surface area contributed by atoms with Gasteiger partial charge >= 0.3 is 11.9 Å². The van der Waals surface area contributed by atoms with Gasteiger partial charge in [-0.25, -0.2) is 9.59 Å². The highest BCUT2D eigenvalue weighted by Gasteiger charge is 2.24. The van der Waals surface area contributed by atoms with Crippen LogP contribution in [-0.2, 0) is 17.6 Å². The van der Waals surface area contributed by atoms with Gasteiger partial charge in [-0.15, -0.1) is 0 Å². The second kappa shape index (κ2) is 12.3. The predicted octanol–water partition coefficient (Wildman–Crippen LogP) is 5.59. The van der Waals surface area contributed by atoms with E-state index in [1.807, 2.05) is 26.8 Å². The van der Waals surface area contributed by atoms with E-state index >= 15 is 0 Å². The Kier molecular flexibility index (Phi) is 9.33. The van der Waals surface area contributed by atoms with Gasteiger partial charge in [0.15, 0.2) is 0 Å². The number of carbonyl (C=O) groups excluding carboxylic acids is 1. The number of nitrogens with one attached hydrogen (secondary N) is 3. The molecule has 0 fully saturated rings. The number of benzene rings is 2. The average Bonchev–Trinajstić information content (AvgIpc) is 3.21. The number of H-pyrrole nitrogens is 1. The van der Waals surface area contributed by atoms with Gasteiger partial charge < -0.3 is 25.8 Å². The fraction of sp³-hybridized carbons (Fsp3) is 0.433. The van der Waals surface area contributed by atoms with Gasteiger partial charge in [0.25, 0.3) is 0 Å². The van der Waals surface area contributed by atoms with Crippen molar-refractivity contribution in [2.45, 2.75) is 53.9 Å². The van der Waals surface area contributed by atoms with E-state index in [0.717, 1.165) is 31.6 Å². The molecule has 1 aromatic heterocycles. The fourth-order valence-electron chi connectivity index (χ4n) is 4.49. The lowest BCUT2D eigenvalue weighted by molar-refractivity contribution is -0.123. The molecule has 1 atom stereocenters. The first-order valence-electron chi connectivity index (χ1n) is 13.1. The third kappa shape index (κ3) is 7.44. The molecule has 38 heavy (non-hydrogen) atoms. The maximum Gasteiger partial charge on any atom is 0.336 e. The number of aromatic nitrogens is 1. The first-order chi connectivity index (χ1) is 17.9. The summed E-state index contributed by atoms with van der Waals surface area (Å²) < 4.78 is 0. The molecule has 0 radical (unpaired) electrons. The number of aryl methyl sites for hydroxylation is 1. The van der Waals surface area contributed by atoms with Gasteiger partial charge in [-0.05, 0) is 80.1 Å². The van der Waals surface area contributed by atoms with Crippen LogP contribution in [0.25, 0.3) is 10.9 Å². The van der Waals surface area contributed by atoms with Gasteiger partial charge in [0.1, 0.15) is 0 Å². The van der Waals surface area contributed by atoms with E-state index in [2.05, 4.69) is 41.6 Å². The summed E-state index contributed by atoms with van der Waals surface area (Å²) in [5, 5.41) is 25.0. The van der Waals surface area contributed by atoms with E-state index in [1.165, 1.54) is 52.8 Å². The standard InChI is InChI=1S/C22H33N3O.C8H6O4/c1-14(2)12-23-13-15-6-8-19-17(10-15)18-11-16(7-9-20(18)25-19)24-21(26)22(3,4)5;9-7(10)5-3-1-2-4-6(5)8(11)12/h7,9,11,14-15,23,25H,6,8,10,12-13H2,1-5H3,(H,24,26);1-4H,(H,9,10)(H,11,12). The normalized spacial score (nSPS) is 14.9. The third-order valence-corrected chi connectivity index (χ3v) is 6.60. The lowest BCUT2D eigenvalue weighted by Gasteiger charge is -2.23. The van der Waals surface area contributed by atoms with Crippen molar-refractivity contribution in [3.63, 3.8) is 0 Å². The van der Waals surface area contributed by atoms with Crippen molar-refractivity contribution < 1.29 is 24.6 Å². The smallest absolute Gasteiger partial charge is 0.336 e. The molecule has 0 saturated carbocycles. The molecule has 2 aromatic carbocycles. The highest BCUT2D eigenvalue weighted by molar-refractivity contribution is 6.01. The van der Waals surface area contributed by atoms with Gasteiger partial charge in [-0.2, -0.15) is 0 Å². The van der Waals surface area contributed by atoms with Gasteiger partial charge in [0.05, 0.1) is 11.1 Å². The Bertz CT molecular complexity index is 1270. The van der Waals surface area contributed by atoms with Crippen molar-refractivity contribution in [3.8, 4) is 0 Å². The summed E-state index contributed by atoms with van der Waals surface area (Å²) in [4.78, 5) is 36.8. The topological polar surface area (TPSA) is 132 Å². The number of fused-ring (bicyclic) bond motifs is 3. The zero-order valence-electron chi connectivity index (χ0n) is 22.9. The van der Waals surface area contributed by atoms with Gasteiger partial charge in [-0.1, -0.05) is 46.8 Å². The predicted molar refractivity (Wildman–Crippen MR) is 150 cm³/mol. The summed E-state index contributed by atoms with van der Waals surface area (Å²) in [6.45, 7) is 12.5. The number of carboxylic acids is 2. The summed E-state index contributed by atoms with van der Waals surface area (Å²) in [5.74, 6) is -1.03. The number of carboxylic acid groups (broad SMARTS) is 2. The summed E-state index contributed by atoms with van der Waals surface area (Å²) in [6, 6.07) is 11.7. The van der Waals surface area contributed by atoms with Gasteiger partial charge in [0.2, 0.25) is 5.91 Å². The van der Waals surface area contributed by atoms with E-state index in [0.29, 0.717) is 11.8 Å². The number of hydrogen-bond donors (Lipinski definition) is 5. The summed E-state index contributed by atoms with van der Waals surface area (Å²) in [5.41, 5.74) is 4.11. The molecular formula is C30H39N3O5. The monoisotopic (exact) mass is 521 g/mol. The Labute approximate surface area is 223 Å². The van der Waals surface area contributed by atoms with Crippen molar-refractivity contribution in [1.82, 2.24) is 10.3 Å². The maximum absolute atomic E-state index is 12.3. The molecule has 1 unspecified atom stereocenters. The Morgan fingerprint density at radius 3 is 2.21 bits per heavy atom. The van der Waals surface area contributed by atoms with Crippen molar-refractivity contribution >= 4 is 34.4 Å². The molecule has 8 nitrogen and oxygen atoms in total. The number of aromatic carboxylic acids is 2. The Morgan fingerprint density at radius 1 is 1.03 bits per heavy atom. The third-order valence-electron chi connectivity index (χ3n) is 6.60. The maximum atomic E-state index is 12.3. The molecule has 0 spiro atoms. The first kappa shape index (κ1) is 28.9. The number of rotatable bonds is 7. The lowest BCUT2D eigenvalue weighted by Crippen LogP contribution is -2.29. The van der Waals surface area contributed by atoms with Crippen LogP contribution in [-0.4, -0.2) is 46.1 Å². The second-order valence-electron chi connectivity index (χ2n) is 11.4. The molecule has 1 aliphatic rings. The van der Waals surface area contributed by atoms with Crippen LogP contribution in [0.15, 0.2) is 42.5 Å². The summed E-state index contributed by atoms with van der Waals surface area (Å²) in [6.07, 6.45) is 3.46. The Morgan fingerprint density at radius 2 is 1.66 bits per heavy atom. The molecule has 0 bridgehead atoms. The minimum Gasteiger partial charge on any atom is -0.478 e. The molecule has 1 amide bonds. The quantitative estimate of drug-likeness (QED) is 0.276. The highest BCUT2D eigenvalue weighted by atomic mass is 16.4. The second-order valence-corrected chi connectivity index (χ2v) is 11.4. The minimum atomic E-state index is -1.23. The van der Waals surface area contributed by atoms with Crippen LogP contribution in [0, 0.1) is 17.3 Å². The molecule has 3 aromatic rings. The number of carbonyl (C=O) groups is 3. The highest BCUT2D eigenvalue weighted by Crippen LogP contribution is 2.33. The van der Waals surface area contributed by atoms with Crippen LogP contribution >= 0.6 is 0 Å². The molecular weight excluding hydrogens is 482 g/mol. The fourth-order valence-corrected chi connectivity index (χ4v) is 4.49. The molecule has 8 heteroatoms. The van der Waals surface area contributed by atoms with Gasteiger partial charge in [0, 0.05) is 27.7 Å². The van der Waals surface area contributed by atoms with Crippen LogP contribution in [0.2, 0.25) is 0 Å². The van der Waals surface area contributed by atoms with Crippen LogP contribution in [0.3, 0.4) is 0 Å². The van der Waals surface area contributed by atoms with E-state index in [9.17, 15) is 14.4 Å². The van der Waals surface area contributed by atoms with E-state index in [-0.39, 0.29) is 22.4 Å². The van der Waals surface area contributed by atoms with Gasteiger partial charge in [-0.3, -0.25) is 4.79 Å². The molecule has 0 saturated heterocycles. The first-order valence-corrected chi connectivity index (χ1v) is 13.1. The molecule has 4 rings (SSSR count). The Balaban J connectivity index is 0.000000279. The van der Waals surface area contributed by atoms with Crippen LogP contribution in [0.1, 0.15) is 73.0 Å². The average molecular weight is 522 g/mol. The number of aromatic amines is 1. The van der Waals surface area contributed by atoms with Crippen LogP contribution in [0.4, 0.5) is 5.69 Å². The molecule has 5 N–H and O–H groups in total. The molecule has 1 heterocycles. The minimum absolute atomic E-state index is 0.0528. The summed E-state index contributed by atoms with van der Waals surface area (Å²) >= 11 is 0. The van der Waals surface area contributed by atoms with Crippen molar-refractivity contribution in [1.29, 1.82) is 0 Å². The molecule has 1 aliphatic carbocycles. The molecule has 204 valence electrons. The Hall–Kier alpha value is -3.65.